The molecule has 10 heteroatoms. The molecule has 2 saturated heterocycles. The molecule has 0 bridgehead atoms. The van der Waals surface area contributed by atoms with Crippen LogP contribution >= 0.6 is 0 Å². The minimum atomic E-state index is 0.175. The van der Waals surface area contributed by atoms with Gasteiger partial charge in [0, 0.05) is 63.1 Å². The number of carbonyl (C=O) groups excluding carboxylic acids is 2. The zero-order valence-electron chi connectivity index (χ0n) is 18.4. The highest BCUT2D eigenvalue weighted by molar-refractivity contribution is 5.84. The first-order valence-electron chi connectivity index (χ1n) is 11.2. The number of piperazine rings is 1. The molecule has 4 heterocycles. The quantitative estimate of drug-likeness (QED) is 0.601. The Hall–Kier alpha value is -3.43. The van der Waals surface area contributed by atoms with Gasteiger partial charge in [-0.25, -0.2) is 0 Å². The first-order chi connectivity index (χ1) is 15.6. The Morgan fingerprint density at radius 1 is 1.03 bits per heavy atom. The van der Waals surface area contributed by atoms with Gasteiger partial charge in [-0.3, -0.25) is 14.3 Å². The van der Waals surface area contributed by atoms with Crippen molar-refractivity contribution in [1.82, 2.24) is 29.7 Å². The molecule has 0 aliphatic carbocycles. The van der Waals surface area contributed by atoms with Crippen LogP contribution in [0, 0.1) is 0 Å². The van der Waals surface area contributed by atoms with Gasteiger partial charge in [0.05, 0.1) is 17.8 Å². The number of hydrogen-bond donors (Lipinski definition) is 0. The van der Waals surface area contributed by atoms with E-state index >= 15 is 0 Å². The van der Waals surface area contributed by atoms with Crippen molar-refractivity contribution in [2.75, 3.05) is 44.2 Å². The van der Waals surface area contributed by atoms with Crippen molar-refractivity contribution in [2.24, 2.45) is 0 Å². The number of rotatable bonds is 5. The number of likely N-dealkylation sites (tertiary alicyclic amines) is 1. The minimum Gasteiger partial charge on any atom is -0.339 e. The molecule has 168 valence electrons. The third kappa shape index (κ3) is 3.59. The number of anilines is 1. The van der Waals surface area contributed by atoms with Crippen molar-refractivity contribution in [2.45, 2.75) is 32.7 Å². The standard InChI is InChI=1S/C22H27N7O3/c1-3-19(30)26-7-9-27(10-8-26)22-24-21(25-32-22)15-5-6-16-12-23-29(18(16)11-15)17-13-28(14-17)20(31)4-2/h5-6,11-12,17H,3-4,7-10,13-14H2,1-2H3. The summed E-state index contributed by atoms with van der Waals surface area (Å²) in [7, 11) is 0. The van der Waals surface area contributed by atoms with Gasteiger partial charge in [0.25, 0.3) is 0 Å². The van der Waals surface area contributed by atoms with Crippen LogP contribution in [0.15, 0.2) is 28.9 Å². The largest absolute Gasteiger partial charge is 0.339 e. The third-order valence-electron chi connectivity index (χ3n) is 6.34. The minimum absolute atomic E-state index is 0.175. The van der Waals surface area contributed by atoms with E-state index in [1.165, 1.54) is 0 Å². The Bertz CT molecular complexity index is 1140. The highest BCUT2D eigenvalue weighted by Gasteiger charge is 2.32. The number of fused-ring (bicyclic) bond motifs is 1. The molecule has 2 aliphatic rings. The van der Waals surface area contributed by atoms with Gasteiger partial charge in [0.15, 0.2) is 0 Å². The molecule has 2 aromatic heterocycles. The second-order valence-electron chi connectivity index (χ2n) is 8.29. The SMILES string of the molecule is CCC(=O)N1CCN(c2nc(-c3ccc4cnn(C5CN(C(=O)CC)C5)c4c3)no2)CC1. The van der Waals surface area contributed by atoms with E-state index in [9.17, 15) is 9.59 Å². The zero-order chi connectivity index (χ0) is 22.2. The lowest BCUT2D eigenvalue weighted by Gasteiger charge is -2.39. The molecule has 10 nitrogen and oxygen atoms in total. The van der Waals surface area contributed by atoms with Gasteiger partial charge >= 0.3 is 6.01 Å². The van der Waals surface area contributed by atoms with Crippen LogP contribution < -0.4 is 4.90 Å². The van der Waals surface area contributed by atoms with E-state index in [0.29, 0.717) is 63.9 Å². The van der Waals surface area contributed by atoms with Gasteiger partial charge in [-0.05, 0) is 6.07 Å². The normalized spacial score (nSPS) is 17.1. The molecule has 3 aromatic rings. The van der Waals surface area contributed by atoms with Crippen LogP contribution in [0.25, 0.3) is 22.3 Å². The lowest BCUT2D eigenvalue weighted by atomic mass is 10.1. The summed E-state index contributed by atoms with van der Waals surface area (Å²) in [6.07, 6.45) is 2.90. The average molecular weight is 438 g/mol. The van der Waals surface area contributed by atoms with Crippen LogP contribution in [0.3, 0.4) is 0 Å². The molecule has 0 N–H and O–H groups in total. The predicted octanol–water partition coefficient (Wildman–Crippen LogP) is 1.94. The number of nitrogens with zero attached hydrogens (tertiary/aromatic N) is 7. The van der Waals surface area contributed by atoms with E-state index < -0.39 is 0 Å². The van der Waals surface area contributed by atoms with E-state index in [-0.39, 0.29) is 17.9 Å². The van der Waals surface area contributed by atoms with E-state index in [1.54, 1.807) is 0 Å². The Labute approximate surface area is 185 Å². The number of amides is 2. The summed E-state index contributed by atoms with van der Waals surface area (Å²) >= 11 is 0. The molecule has 1 aromatic carbocycles. The van der Waals surface area contributed by atoms with E-state index in [2.05, 4.69) is 15.2 Å². The lowest BCUT2D eigenvalue weighted by molar-refractivity contribution is -0.136. The summed E-state index contributed by atoms with van der Waals surface area (Å²) in [4.78, 5) is 34.1. The van der Waals surface area contributed by atoms with E-state index in [0.717, 1.165) is 16.5 Å². The molecular weight excluding hydrogens is 410 g/mol. The molecule has 2 aliphatic heterocycles. The van der Waals surface area contributed by atoms with Crippen LogP contribution in [-0.4, -0.2) is 80.8 Å². The molecule has 32 heavy (non-hydrogen) atoms. The van der Waals surface area contributed by atoms with Gasteiger partial charge in [-0.1, -0.05) is 31.1 Å². The Kier molecular flexibility index (Phi) is 5.28. The van der Waals surface area contributed by atoms with Gasteiger partial charge < -0.3 is 19.2 Å². The molecule has 2 amide bonds. The van der Waals surface area contributed by atoms with Gasteiger partial charge in [0.1, 0.15) is 0 Å². The molecular formula is C22H27N7O3. The molecule has 0 saturated carbocycles. The highest BCUT2D eigenvalue weighted by atomic mass is 16.5. The van der Waals surface area contributed by atoms with Crippen LogP contribution in [0.2, 0.25) is 0 Å². The fraction of sp³-hybridized carbons (Fsp3) is 0.500. The number of aromatic nitrogens is 4. The second-order valence-corrected chi connectivity index (χ2v) is 8.29. The van der Waals surface area contributed by atoms with Crippen LogP contribution in [0.5, 0.6) is 0 Å². The second kappa shape index (κ2) is 8.25. The maximum Gasteiger partial charge on any atom is 0.324 e. The van der Waals surface area contributed by atoms with Crippen molar-refractivity contribution in [3.63, 3.8) is 0 Å². The smallest absolute Gasteiger partial charge is 0.324 e. The molecule has 2 fully saturated rings. The van der Waals surface area contributed by atoms with Crippen molar-refractivity contribution in [1.29, 1.82) is 0 Å². The average Bonchev–Trinajstić information content (AvgIpc) is 3.45. The Balaban J connectivity index is 1.31. The lowest BCUT2D eigenvalue weighted by Crippen LogP contribution is -2.50. The first kappa shape index (κ1) is 20.5. The highest BCUT2D eigenvalue weighted by Crippen LogP contribution is 2.29. The zero-order valence-corrected chi connectivity index (χ0v) is 18.4. The predicted molar refractivity (Wildman–Crippen MR) is 118 cm³/mol. The number of carbonyl (C=O) groups is 2. The topological polar surface area (TPSA) is 101 Å². The summed E-state index contributed by atoms with van der Waals surface area (Å²) in [5, 5.41) is 9.78. The fourth-order valence-corrected chi connectivity index (χ4v) is 4.34. The molecule has 0 radical (unpaired) electrons. The van der Waals surface area contributed by atoms with Crippen molar-refractivity contribution >= 4 is 28.7 Å². The molecule has 0 atom stereocenters. The fourth-order valence-electron chi connectivity index (χ4n) is 4.34. The maximum absolute atomic E-state index is 11.9. The summed E-state index contributed by atoms with van der Waals surface area (Å²) in [5.41, 5.74) is 1.85. The summed E-state index contributed by atoms with van der Waals surface area (Å²) in [6.45, 7) is 7.81. The van der Waals surface area contributed by atoms with Crippen molar-refractivity contribution < 1.29 is 14.1 Å². The van der Waals surface area contributed by atoms with Gasteiger partial charge in [0.2, 0.25) is 17.6 Å². The maximum atomic E-state index is 11.9. The summed E-state index contributed by atoms with van der Waals surface area (Å²) in [5.74, 6) is 0.880. The molecule has 0 spiro atoms. The van der Waals surface area contributed by atoms with Crippen LogP contribution in [0.1, 0.15) is 32.7 Å². The van der Waals surface area contributed by atoms with Gasteiger partial charge in [-0.15, -0.1) is 0 Å². The van der Waals surface area contributed by atoms with Gasteiger partial charge in [-0.2, -0.15) is 10.1 Å². The summed E-state index contributed by atoms with van der Waals surface area (Å²) in [6, 6.07) is 6.66. The third-order valence-corrected chi connectivity index (χ3v) is 6.34. The molecule has 0 unspecified atom stereocenters. The Morgan fingerprint density at radius 2 is 1.75 bits per heavy atom. The summed E-state index contributed by atoms with van der Waals surface area (Å²) < 4.78 is 7.52. The number of benzene rings is 1. The number of hydrogen-bond acceptors (Lipinski definition) is 7. The Morgan fingerprint density at radius 3 is 2.47 bits per heavy atom. The van der Waals surface area contributed by atoms with Crippen molar-refractivity contribution in [3.8, 4) is 11.4 Å². The van der Waals surface area contributed by atoms with Crippen LogP contribution in [0.4, 0.5) is 6.01 Å². The first-order valence-corrected chi connectivity index (χ1v) is 11.2. The van der Waals surface area contributed by atoms with Crippen molar-refractivity contribution in [3.05, 3.63) is 24.4 Å². The molecule has 5 rings (SSSR count). The van der Waals surface area contributed by atoms with E-state index in [1.807, 2.05) is 57.6 Å². The van der Waals surface area contributed by atoms with E-state index in [4.69, 9.17) is 4.52 Å². The monoisotopic (exact) mass is 437 g/mol. The van der Waals surface area contributed by atoms with Crippen LogP contribution in [-0.2, 0) is 9.59 Å².